The van der Waals surface area contributed by atoms with E-state index in [2.05, 4.69) is 10.5 Å². The number of aromatic carboxylic acids is 1. The number of carboxylic acids is 1. The average molecular weight is 346 g/mol. The van der Waals surface area contributed by atoms with Crippen molar-refractivity contribution in [3.05, 3.63) is 89.5 Å². The molecule has 0 aliphatic heterocycles. The van der Waals surface area contributed by atoms with Gasteiger partial charge in [-0.3, -0.25) is 5.43 Å². The van der Waals surface area contributed by atoms with Gasteiger partial charge in [0, 0.05) is 0 Å². The molecule has 0 saturated carbocycles. The first-order valence-electron chi connectivity index (χ1n) is 8.07. The Hall–Kier alpha value is -3.60. The fourth-order valence-corrected chi connectivity index (χ4v) is 2.23. The number of hydrazone groups is 1. The number of carbonyl (C=O) groups is 1. The molecule has 0 aliphatic rings. The summed E-state index contributed by atoms with van der Waals surface area (Å²) < 4.78 is 5.78. The van der Waals surface area contributed by atoms with Crippen molar-refractivity contribution in [1.82, 2.24) is 0 Å². The molecule has 5 heteroatoms. The van der Waals surface area contributed by atoms with Crippen LogP contribution in [-0.2, 0) is 0 Å². The molecule has 130 valence electrons. The van der Waals surface area contributed by atoms with Crippen molar-refractivity contribution in [1.29, 1.82) is 0 Å². The predicted octanol–water partition coefficient (Wildman–Crippen LogP) is 4.93. The van der Waals surface area contributed by atoms with Gasteiger partial charge in [-0.1, -0.05) is 17.7 Å². The van der Waals surface area contributed by atoms with E-state index in [1.54, 1.807) is 18.3 Å². The van der Waals surface area contributed by atoms with Crippen LogP contribution in [0.5, 0.6) is 11.5 Å². The highest BCUT2D eigenvalue weighted by Gasteiger charge is 2.01. The summed E-state index contributed by atoms with van der Waals surface area (Å²) >= 11 is 0. The molecule has 0 amide bonds. The van der Waals surface area contributed by atoms with E-state index < -0.39 is 5.97 Å². The monoisotopic (exact) mass is 346 g/mol. The molecule has 3 rings (SSSR count). The third-order valence-electron chi connectivity index (χ3n) is 3.68. The maximum atomic E-state index is 10.8. The topological polar surface area (TPSA) is 70.9 Å². The summed E-state index contributed by atoms with van der Waals surface area (Å²) in [6, 6.07) is 21.8. The molecule has 0 spiro atoms. The Bertz CT molecular complexity index is 899. The maximum absolute atomic E-state index is 10.8. The number of hydrogen-bond acceptors (Lipinski definition) is 4. The lowest BCUT2D eigenvalue weighted by molar-refractivity contribution is 0.0697. The first kappa shape index (κ1) is 17.2. The van der Waals surface area contributed by atoms with Crippen molar-refractivity contribution in [3.8, 4) is 11.5 Å². The van der Waals surface area contributed by atoms with E-state index in [1.165, 1.54) is 17.7 Å². The van der Waals surface area contributed by atoms with Gasteiger partial charge in [0.15, 0.2) is 0 Å². The largest absolute Gasteiger partial charge is 0.478 e. The highest BCUT2D eigenvalue weighted by atomic mass is 16.5. The zero-order valence-electron chi connectivity index (χ0n) is 14.2. The van der Waals surface area contributed by atoms with E-state index in [-0.39, 0.29) is 5.56 Å². The predicted molar refractivity (Wildman–Crippen MR) is 102 cm³/mol. The van der Waals surface area contributed by atoms with Gasteiger partial charge < -0.3 is 9.84 Å². The summed E-state index contributed by atoms with van der Waals surface area (Å²) in [5.74, 6) is 0.597. The van der Waals surface area contributed by atoms with Crippen LogP contribution in [-0.4, -0.2) is 17.3 Å². The fourth-order valence-electron chi connectivity index (χ4n) is 2.23. The minimum atomic E-state index is -0.951. The fraction of sp³-hybridized carbons (Fsp3) is 0.0476. The van der Waals surface area contributed by atoms with Gasteiger partial charge in [0.05, 0.1) is 17.5 Å². The van der Waals surface area contributed by atoms with Crippen LogP contribution in [0.3, 0.4) is 0 Å². The number of anilines is 1. The van der Waals surface area contributed by atoms with Gasteiger partial charge in [-0.15, -0.1) is 0 Å². The van der Waals surface area contributed by atoms with Gasteiger partial charge in [0.25, 0.3) is 0 Å². The normalized spacial score (nSPS) is 10.7. The molecule has 3 aromatic carbocycles. The quantitative estimate of drug-likeness (QED) is 0.490. The zero-order chi connectivity index (χ0) is 18.4. The summed E-state index contributed by atoms with van der Waals surface area (Å²) in [4.78, 5) is 10.8. The summed E-state index contributed by atoms with van der Waals surface area (Å²) in [6.07, 6.45) is 1.68. The van der Waals surface area contributed by atoms with Gasteiger partial charge in [0.2, 0.25) is 0 Å². The lowest BCUT2D eigenvalue weighted by atomic mass is 10.2. The molecule has 5 nitrogen and oxygen atoms in total. The second kappa shape index (κ2) is 7.98. The number of nitrogens with one attached hydrogen (secondary N) is 1. The van der Waals surface area contributed by atoms with Crippen LogP contribution in [0.1, 0.15) is 21.5 Å². The van der Waals surface area contributed by atoms with E-state index in [0.29, 0.717) is 5.69 Å². The smallest absolute Gasteiger partial charge is 0.335 e. The third-order valence-corrected chi connectivity index (χ3v) is 3.68. The number of nitrogens with zero attached hydrogens (tertiary/aromatic N) is 1. The lowest BCUT2D eigenvalue weighted by Crippen LogP contribution is -1.96. The van der Waals surface area contributed by atoms with Crippen molar-refractivity contribution in [3.63, 3.8) is 0 Å². The van der Waals surface area contributed by atoms with E-state index in [0.717, 1.165) is 17.1 Å². The standard InChI is InChI=1S/C21H18N2O3/c1-15-2-10-19(11-3-15)26-20-12-4-16(5-13-20)14-22-23-18-8-6-17(7-9-18)21(24)25/h2-14,23H,1H3,(H,24,25). The number of benzene rings is 3. The number of hydrogen-bond donors (Lipinski definition) is 2. The summed E-state index contributed by atoms with van der Waals surface area (Å²) in [6.45, 7) is 2.03. The Labute approximate surface area is 151 Å². The molecule has 3 aromatic rings. The molecule has 0 aliphatic carbocycles. The van der Waals surface area contributed by atoms with Crippen molar-refractivity contribution >= 4 is 17.9 Å². The second-order valence-corrected chi connectivity index (χ2v) is 5.74. The molecular formula is C21H18N2O3. The van der Waals surface area contributed by atoms with E-state index in [1.807, 2.05) is 55.5 Å². The van der Waals surface area contributed by atoms with E-state index in [9.17, 15) is 4.79 Å². The highest BCUT2D eigenvalue weighted by Crippen LogP contribution is 2.21. The molecule has 0 saturated heterocycles. The van der Waals surface area contributed by atoms with Crippen LogP contribution in [0.2, 0.25) is 0 Å². The van der Waals surface area contributed by atoms with Crippen molar-refractivity contribution in [2.24, 2.45) is 5.10 Å². The Morgan fingerprint density at radius 3 is 2.08 bits per heavy atom. The van der Waals surface area contributed by atoms with Gasteiger partial charge >= 0.3 is 5.97 Å². The number of ether oxygens (including phenoxy) is 1. The summed E-state index contributed by atoms with van der Waals surface area (Å²) in [5, 5.41) is 13.0. The Kier molecular flexibility index (Phi) is 5.29. The summed E-state index contributed by atoms with van der Waals surface area (Å²) in [7, 11) is 0. The maximum Gasteiger partial charge on any atom is 0.335 e. The van der Waals surface area contributed by atoms with Crippen LogP contribution >= 0.6 is 0 Å². The second-order valence-electron chi connectivity index (χ2n) is 5.74. The van der Waals surface area contributed by atoms with Crippen LogP contribution in [0, 0.1) is 6.92 Å². The lowest BCUT2D eigenvalue weighted by Gasteiger charge is -2.06. The average Bonchev–Trinajstić information content (AvgIpc) is 2.65. The first-order chi connectivity index (χ1) is 12.6. The van der Waals surface area contributed by atoms with Crippen LogP contribution in [0.15, 0.2) is 77.9 Å². The SMILES string of the molecule is Cc1ccc(Oc2ccc(C=NNc3ccc(C(=O)O)cc3)cc2)cc1. The van der Waals surface area contributed by atoms with Crippen molar-refractivity contribution < 1.29 is 14.6 Å². The summed E-state index contributed by atoms with van der Waals surface area (Å²) in [5.41, 5.74) is 5.92. The van der Waals surface area contributed by atoms with Crippen molar-refractivity contribution in [2.75, 3.05) is 5.43 Å². The third kappa shape index (κ3) is 4.70. The van der Waals surface area contributed by atoms with Gasteiger partial charge in [-0.2, -0.15) is 5.10 Å². The highest BCUT2D eigenvalue weighted by molar-refractivity contribution is 5.88. The number of rotatable bonds is 6. The van der Waals surface area contributed by atoms with E-state index >= 15 is 0 Å². The number of aryl methyl sites for hydroxylation is 1. The van der Waals surface area contributed by atoms with Gasteiger partial charge in [0.1, 0.15) is 11.5 Å². The van der Waals surface area contributed by atoms with Crippen LogP contribution in [0.4, 0.5) is 5.69 Å². The number of carboxylic acid groups (broad SMARTS) is 1. The zero-order valence-corrected chi connectivity index (χ0v) is 14.2. The molecule has 0 atom stereocenters. The Morgan fingerprint density at radius 1 is 0.923 bits per heavy atom. The first-order valence-corrected chi connectivity index (χ1v) is 8.07. The molecule has 0 bridgehead atoms. The molecule has 0 unspecified atom stereocenters. The molecule has 0 radical (unpaired) electrons. The minimum absolute atomic E-state index is 0.240. The molecule has 2 N–H and O–H groups in total. The molecule has 0 aromatic heterocycles. The molecular weight excluding hydrogens is 328 g/mol. The van der Waals surface area contributed by atoms with Crippen LogP contribution < -0.4 is 10.2 Å². The Balaban J connectivity index is 1.57. The Morgan fingerprint density at radius 2 is 1.50 bits per heavy atom. The molecule has 0 heterocycles. The molecule has 26 heavy (non-hydrogen) atoms. The van der Waals surface area contributed by atoms with E-state index in [4.69, 9.17) is 9.84 Å². The van der Waals surface area contributed by atoms with Gasteiger partial charge in [-0.05, 0) is 73.2 Å². The van der Waals surface area contributed by atoms with Crippen molar-refractivity contribution in [2.45, 2.75) is 6.92 Å². The van der Waals surface area contributed by atoms with Gasteiger partial charge in [-0.25, -0.2) is 4.79 Å². The van der Waals surface area contributed by atoms with Crippen LogP contribution in [0.25, 0.3) is 0 Å². The molecule has 0 fully saturated rings. The minimum Gasteiger partial charge on any atom is -0.478 e.